The van der Waals surface area contributed by atoms with Gasteiger partial charge in [0.2, 0.25) is 0 Å². The van der Waals surface area contributed by atoms with E-state index in [-0.39, 0.29) is 4.90 Å². The average molecular weight is 514 g/mol. The van der Waals surface area contributed by atoms with Crippen molar-refractivity contribution >= 4 is 43.8 Å². The molecule has 166 valence electrons. The van der Waals surface area contributed by atoms with Crippen LogP contribution in [0.3, 0.4) is 0 Å². The Morgan fingerprint density at radius 2 is 1.59 bits per heavy atom. The van der Waals surface area contributed by atoms with E-state index < -0.39 is 22.5 Å². The molecule has 0 saturated heterocycles. The molecule has 32 heavy (non-hydrogen) atoms. The maximum atomic E-state index is 13.4. The highest BCUT2D eigenvalue weighted by molar-refractivity contribution is 9.10. The predicted octanol–water partition coefficient (Wildman–Crippen LogP) is 4.72. The molecule has 0 aliphatic carbocycles. The molecule has 3 aromatic rings. The Kier molecular flexibility index (Phi) is 7.48. The fraction of sp³-hybridized carbons (Fsp3) is 0.167. The lowest BCUT2D eigenvalue weighted by molar-refractivity contribution is -0.119. The van der Waals surface area contributed by atoms with Crippen molar-refractivity contribution in [1.82, 2.24) is 5.43 Å². The largest absolute Gasteiger partial charge is 0.271 e. The molecule has 0 fully saturated rings. The second kappa shape index (κ2) is 10.1. The van der Waals surface area contributed by atoms with Crippen LogP contribution in [0.4, 0.5) is 5.69 Å². The Morgan fingerprint density at radius 3 is 2.22 bits per heavy atom. The Bertz CT molecular complexity index is 1240. The quantitative estimate of drug-likeness (QED) is 0.366. The van der Waals surface area contributed by atoms with Gasteiger partial charge >= 0.3 is 0 Å². The summed E-state index contributed by atoms with van der Waals surface area (Å²) in [5.41, 5.74) is 6.37. The lowest BCUT2D eigenvalue weighted by Gasteiger charge is -2.25. The molecule has 3 rings (SSSR count). The number of nitrogens with zero attached hydrogens (tertiary/aromatic N) is 2. The Balaban J connectivity index is 1.87. The summed E-state index contributed by atoms with van der Waals surface area (Å²) in [6.07, 6.45) is 1.50. The van der Waals surface area contributed by atoms with Gasteiger partial charge in [0, 0.05) is 4.47 Å². The molecule has 0 spiro atoms. The van der Waals surface area contributed by atoms with Gasteiger partial charge in [0.25, 0.3) is 15.9 Å². The molecule has 0 aliphatic rings. The highest BCUT2D eigenvalue weighted by Gasteiger charge is 2.28. The molecule has 6 nitrogen and oxygen atoms in total. The number of hydrogen-bond donors (Lipinski definition) is 1. The van der Waals surface area contributed by atoms with Crippen LogP contribution in [-0.4, -0.2) is 27.1 Å². The zero-order valence-electron chi connectivity index (χ0n) is 18.0. The second-order valence-electron chi connectivity index (χ2n) is 7.46. The molecule has 0 aliphatic heterocycles. The van der Waals surface area contributed by atoms with Crippen molar-refractivity contribution < 1.29 is 13.2 Å². The van der Waals surface area contributed by atoms with E-state index in [4.69, 9.17) is 0 Å². The van der Waals surface area contributed by atoms with E-state index in [1.807, 2.05) is 57.2 Å². The van der Waals surface area contributed by atoms with E-state index in [0.717, 1.165) is 31.0 Å². The number of hydrogen-bond acceptors (Lipinski definition) is 4. The third kappa shape index (κ3) is 5.83. The number of amides is 1. The van der Waals surface area contributed by atoms with Crippen LogP contribution in [0, 0.1) is 20.8 Å². The molecule has 0 saturated carbocycles. The van der Waals surface area contributed by atoms with Crippen molar-refractivity contribution in [1.29, 1.82) is 0 Å². The van der Waals surface area contributed by atoms with Crippen LogP contribution >= 0.6 is 15.9 Å². The van der Waals surface area contributed by atoms with Crippen molar-refractivity contribution in [3.8, 4) is 0 Å². The van der Waals surface area contributed by atoms with Crippen molar-refractivity contribution in [2.24, 2.45) is 5.10 Å². The van der Waals surface area contributed by atoms with Crippen LogP contribution < -0.4 is 9.73 Å². The summed E-state index contributed by atoms with van der Waals surface area (Å²) in [6, 6.07) is 19.4. The topological polar surface area (TPSA) is 78.8 Å². The SMILES string of the molecule is Cc1ccc(S(=O)(=O)N(CC(=O)N/N=C\c2ccc(Br)cc2)c2ccc(C)cc2C)cc1. The lowest BCUT2D eigenvalue weighted by atomic mass is 10.1. The number of rotatable bonds is 7. The molecule has 0 unspecified atom stereocenters. The number of carbonyl (C=O) groups excluding carboxylic acids is 1. The Morgan fingerprint density at radius 1 is 0.969 bits per heavy atom. The van der Waals surface area contributed by atoms with Crippen molar-refractivity contribution in [2.45, 2.75) is 25.7 Å². The van der Waals surface area contributed by atoms with E-state index in [1.165, 1.54) is 6.21 Å². The molecule has 3 aromatic carbocycles. The van der Waals surface area contributed by atoms with Gasteiger partial charge in [-0.05, 0) is 62.2 Å². The summed E-state index contributed by atoms with van der Waals surface area (Å²) in [5.74, 6) is -0.547. The number of anilines is 1. The van der Waals surface area contributed by atoms with Gasteiger partial charge in [-0.25, -0.2) is 13.8 Å². The summed E-state index contributed by atoms with van der Waals surface area (Å²) in [7, 11) is -3.97. The molecule has 8 heteroatoms. The van der Waals surface area contributed by atoms with Gasteiger partial charge in [0.15, 0.2) is 0 Å². The van der Waals surface area contributed by atoms with Crippen LogP contribution in [0.5, 0.6) is 0 Å². The summed E-state index contributed by atoms with van der Waals surface area (Å²) in [6.45, 7) is 5.23. The third-order valence-electron chi connectivity index (χ3n) is 4.79. The summed E-state index contributed by atoms with van der Waals surface area (Å²) in [4.78, 5) is 12.8. The number of carbonyl (C=O) groups is 1. The summed E-state index contributed by atoms with van der Waals surface area (Å²) in [5, 5.41) is 3.96. The van der Waals surface area contributed by atoms with Crippen molar-refractivity contribution in [3.05, 3.63) is 93.5 Å². The molecule has 0 heterocycles. The van der Waals surface area contributed by atoms with Crippen molar-refractivity contribution in [2.75, 3.05) is 10.8 Å². The Hall–Kier alpha value is -2.97. The number of nitrogens with one attached hydrogen (secondary N) is 1. The molecule has 1 amide bonds. The van der Waals surface area contributed by atoms with Gasteiger partial charge in [0.1, 0.15) is 6.54 Å². The van der Waals surface area contributed by atoms with Gasteiger partial charge in [0.05, 0.1) is 16.8 Å². The second-order valence-corrected chi connectivity index (χ2v) is 10.2. The fourth-order valence-electron chi connectivity index (χ4n) is 3.12. The summed E-state index contributed by atoms with van der Waals surface area (Å²) < 4.78 is 29.0. The van der Waals surface area contributed by atoms with Crippen LogP contribution in [0.1, 0.15) is 22.3 Å². The van der Waals surface area contributed by atoms with Crippen LogP contribution in [0.15, 0.2) is 81.2 Å². The number of sulfonamides is 1. The van der Waals surface area contributed by atoms with E-state index in [2.05, 4.69) is 26.5 Å². The maximum absolute atomic E-state index is 13.4. The van der Waals surface area contributed by atoms with Crippen LogP contribution in [0.25, 0.3) is 0 Å². The number of benzene rings is 3. The predicted molar refractivity (Wildman–Crippen MR) is 132 cm³/mol. The minimum atomic E-state index is -3.97. The minimum absolute atomic E-state index is 0.120. The first-order valence-electron chi connectivity index (χ1n) is 9.91. The highest BCUT2D eigenvalue weighted by atomic mass is 79.9. The normalized spacial score (nSPS) is 11.5. The van der Waals surface area contributed by atoms with E-state index >= 15 is 0 Å². The van der Waals surface area contributed by atoms with Gasteiger partial charge in [-0.2, -0.15) is 5.10 Å². The van der Waals surface area contributed by atoms with Crippen LogP contribution in [0.2, 0.25) is 0 Å². The number of hydrazone groups is 1. The zero-order valence-corrected chi connectivity index (χ0v) is 20.4. The van der Waals surface area contributed by atoms with Crippen molar-refractivity contribution in [3.63, 3.8) is 0 Å². The molecule has 0 aromatic heterocycles. The third-order valence-corrected chi connectivity index (χ3v) is 7.09. The zero-order chi connectivity index (χ0) is 23.3. The molecule has 0 atom stereocenters. The number of halogens is 1. The molecule has 1 N–H and O–H groups in total. The minimum Gasteiger partial charge on any atom is -0.271 e. The smallest absolute Gasteiger partial charge is 0.264 e. The monoisotopic (exact) mass is 513 g/mol. The van der Waals surface area contributed by atoms with Gasteiger partial charge in [-0.15, -0.1) is 0 Å². The first-order chi connectivity index (χ1) is 15.2. The average Bonchev–Trinajstić information content (AvgIpc) is 2.74. The molecular weight excluding hydrogens is 490 g/mol. The lowest BCUT2D eigenvalue weighted by Crippen LogP contribution is -2.40. The maximum Gasteiger partial charge on any atom is 0.264 e. The summed E-state index contributed by atoms with van der Waals surface area (Å²) >= 11 is 3.36. The standard InChI is InChI=1S/C24H24BrN3O3S/c1-17-4-11-22(12-5-17)32(30,31)28(23-13-6-18(2)14-19(23)3)16-24(29)27-26-15-20-7-9-21(25)10-8-20/h4-15H,16H2,1-3H3,(H,27,29)/b26-15-. The fourth-order valence-corrected chi connectivity index (χ4v) is 4.87. The van der Waals surface area contributed by atoms with E-state index in [9.17, 15) is 13.2 Å². The van der Waals surface area contributed by atoms with Gasteiger partial charge in [-0.1, -0.05) is 63.5 Å². The first-order valence-corrected chi connectivity index (χ1v) is 12.1. The molecule has 0 radical (unpaired) electrons. The molecular formula is C24H24BrN3O3S. The van der Waals surface area contributed by atoms with Gasteiger partial charge in [-0.3, -0.25) is 9.10 Å². The first kappa shape index (κ1) is 23.7. The van der Waals surface area contributed by atoms with E-state index in [1.54, 1.807) is 30.3 Å². The van der Waals surface area contributed by atoms with Crippen LogP contribution in [-0.2, 0) is 14.8 Å². The molecule has 0 bridgehead atoms. The Labute approximate surface area is 197 Å². The highest BCUT2D eigenvalue weighted by Crippen LogP contribution is 2.27. The number of aryl methyl sites for hydroxylation is 3. The van der Waals surface area contributed by atoms with E-state index in [0.29, 0.717) is 5.69 Å². The van der Waals surface area contributed by atoms with Gasteiger partial charge < -0.3 is 0 Å².